The van der Waals surface area contributed by atoms with Crippen LogP contribution >= 0.6 is 0 Å². The van der Waals surface area contributed by atoms with Gasteiger partial charge >= 0.3 is 6.03 Å². The molecule has 0 aliphatic rings. The number of amides is 2. The van der Waals surface area contributed by atoms with Crippen LogP contribution in [0.25, 0.3) is 0 Å². The van der Waals surface area contributed by atoms with Crippen molar-refractivity contribution < 1.29 is 18.7 Å². The van der Waals surface area contributed by atoms with Gasteiger partial charge in [0.1, 0.15) is 12.4 Å². The lowest BCUT2D eigenvalue weighted by atomic mass is 10.1. The summed E-state index contributed by atoms with van der Waals surface area (Å²) in [5.41, 5.74) is 1.76. The molecule has 0 fully saturated rings. The van der Waals surface area contributed by atoms with E-state index in [1.807, 2.05) is 24.3 Å². The van der Waals surface area contributed by atoms with Crippen LogP contribution in [0.4, 0.5) is 9.18 Å². The fraction of sp³-hybridized carbons (Fsp3) is 0.286. The zero-order valence-electron chi connectivity index (χ0n) is 15.5. The molecule has 27 heavy (non-hydrogen) atoms. The standard InChI is InChI=1S/C21H23FN2O3/c1-4-13-27-18-8-5-16(6-9-18)11-12-23-21(25)24(2)15-17-7-10-20(26-3)19(22)14-17/h1,5-10,14H,11-13,15H2,2-3H3,(H,23,25). The van der Waals surface area contributed by atoms with Gasteiger partial charge in [-0.05, 0) is 41.8 Å². The number of hydrogen-bond acceptors (Lipinski definition) is 3. The summed E-state index contributed by atoms with van der Waals surface area (Å²) in [5.74, 6) is 2.86. The van der Waals surface area contributed by atoms with Crippen molar-refractivity contribution in [1.82, 2.24) is 10.2 Å². The molecule has 142 valence electrons. The number of carbonyl (C=O) groups excluding carboxylic acids is 1. The summed E-state index contributed by atoms with van der Waals surface area (Å²) in [5, 5.41) is 2.85. The number of terminal acetylenes is 1. The topological polar surface area (TPSA) is 50.8 Å². The summed E-state index contributed by atoms with van der Waals surface area (Å²) < 4.78 is 23.9. The smallest absolute Gasteiger partial charge is 0.317 e. The number of ether oxygens (including phenoxy) is 2. The van der Waals surface area contributed by atoms with Crippen LogP contribution in [-0.4, -0.2) is 38.2 Å². The van der Waals surface area contributed by atoms with E-state index < -0.39 is 5.82 Å². The maximum absolute atomic E-state index is 13.7. The summed E-state index contributed by atoms with van der Waals surface area (Å²) in [6.07, 6.45) is 5.84. The molecule has 2 aromatic carbocycles. The second kappa shape index (κ2) is 10.1. The van der Waals surface area contributed by atoms with Gasteiger partial charge in [0.25, 0.3) is 0 Å². The van der Waals surface area contributed by atoms with Crippen LogP contribution in [0.15, 0.2) is 42.5 Å². The van der Waals surface area contributed by atoms with E-state index in [4.69, 9.17) is 15.9 Å². The number of rotatable bonds is 8. The van der Waals surface area contributed by atoms with Gasteiger partial charge in [-0.3, -0.25) is 0 Å². The van der Waals surface area contributed by atoms with Crippen molar-refractivity contribution in [2.24, 2.45) is 0 Å². The zero-order valence-corrected chi connectivity index (χ0v) is 15.5. The number of halogens is 1. The molecular formula is C21H23FN2O3. The lowest BCUT2D eigenvalue weighted by Crippen LogP contribution is -2.37. The summed E-state index contributed by atoms with van der Waals surface area (Å²) in [6, 6.07) is 12.0. The van der Waals surface area contributed by atoms with Crippen LogP contribution in [0, 0.1) is 18.2 Å². The maximum atomic E-state index is 13.7. The first kappa shape index (κ1) is 20.1. The van der Waals surface area contributed by atoms with Gasteiger partial charge in [0.2, 0.25) is 0 Å². The van der Waals surface area contributed by atoms with Crippen LogP contribution in [-0.2, 0) is 13.0 Å². The second-order valence-electron chi connectivity index (χ2n) is 5.94. The molecule has 0 spiro atoms. The van der Waals surface area contributed by atoms with E-state index in [0.29, 0.717) is 30.8 Å². The molecule has 0 aliphatic carbocycles. The molecule has 0 saturated heterocycles. The van der Waals surface area contributed by atoms with Gasteiger partial charge in [-0.1, -0.05) is 24.1 Å². The highest BCUT2D eigenvalue weighted by Gasteiger charge is 2.10. The molecule has 6 heteroatoms. The molecule has 0 bridgehead atoms. The number of urea groups is 1. The quantitative estimate of drug-likeness (QED) is 0.726. The van der Waals surface area contributed by atoms with E-state index >= 15 is 0 Å². The van der Waals surface area contributed by atoms with Crippen LogP contribution in [0.3, 0.4) is 0 Å². The van der Waals surface area contributed by atoms with Gasteiger partial charge in [-0.15, -0.1) is 6.42 Å². The molecule has 0 saturated carbocycles. The highest BCUT2D eigenvalue weighted by molar-refractivity contribution is 5.73. The molecule has 0 radical (unpaired) electrons. The van der Waals surface area contributed by atoms with Crippen molar-refractivity contribution in [3.63, 3.8) is 0 Å². The lowest BCUT2D eigenvalue weighted by Gasteiger charge is -2.18. The zero-order chi connectivity index (χ0) is 19.6. The first-order valence-corrected chi connectivity index (χ1v) is 8.50. The Morgan fingerprint density at radius 1 is 1.22 bits per heavy atom. The predicted octanol–water partition coefficient (Wildman–Crippen LogP) is 3.23. The van der Waals surface area contributed by atoms with Gasteiger partial charge in [0.05, 0.1) is 7.11 Å². The molecule has 0 heterocycles. The van der Waals surface area contributed by atoms with E-state index in [9.17, 15) is 9.18 Å². The average molecular weight is 370 g/mol. The SMILES string of the molecule is C#CCOc1ccc(CCNC(=O)N(C)Cc2ccc(OC)c(F)c2)cc1. The molecule has 0 atom stereocenters. The van der Waals surface area contributed by atoms with Crippen molar-refractivity contribution in [3.8, 4) is 23.8 Å². The van der Waals surface area contributed by atoms with Crippen LogP contribution in [0.1, 0.15) is 11.1 Å². The Hall–Kier alpha value is -3.20. The van der Waals surface area contributed by atoms with Gasteiger partial charge in [-0.25, -0.2) is 9.18 Å². The maximum Gasteiger partial charge on any atom is 0.317 e. The fourth-order valence-electron chi connectivity index (χ4n) is 2.48. The van der Waals surface area contributed by atoms with Gasteiger partial charge < -0.3 is 19.7 Å². The molecule has 1 N–H and O–H groups in total. The molecule has 0 aromatic heterocycles. The number of carbonyl (C=O) groups is 1. The van der Waals surface area contributed by atoms with Gasteiger partial charge in [-0.2, -0.15) is 0 Å². The van der Waals surface area contributed by atoms with E-state index in [0.717, 1.165) is 5.56 Å². The third kappa shape index (κ3) is 6.23. The van der Waals surface area contributed by atoms with Crippen LogP contribution in [0.5, 0.6) is 11.5 Å². The normalized spacial score (nSPS) is 10.0. The Morgan fingerprint density at radius 3 is 2.56 bits per heavy atom. The third-order valence-corrected chi connectivity index (χ3v) is 3.92. The Kier molecular flexibility index (Phi) is 7.50. The molecule has 0 unspecified atom stereocenters. The monoisotopic (exact) mass is 370 g/mol. The number of hydrogen-bond donors (Lipinski definition) is 1. The summed E-state index contributed by atoms with van der Waals surface area (Å²) >= 11 is 0. The first-order chi connectivity index (χ1) is 13.0. The second-order valence-corrected chi connectivity index (χ2v) is 5.94. The van der Waals surface area contributed by atoms with Crippen molar-refractivity contribution in [3.05, 3.63) is 59.4 Å². The largest absolute Gasteiger partial charge is 0.494 e. The summed E-state index contributed by atoms with van der Waals surface area (Å²) in [6.45, 7) is 1.03. The number of nitrogens with zero attached hydrogens (tertiary/aromatic N) is 1. The molecule has 2 rings (SSSR count). The third-order valence-electron chi connectivity index (χ3n) is 3.92. The number of nitrogens with one attached hydrogen (secondary N) is 1. The fourth-order valence-corrected chi connectivity index (χ4v) is 2.48. The Balaban J connectivity index is 1.78. The number of methoxy groups -OCH3 is 1. The van der Waals surface area contributed by atoms with E-state index in [-0.39, 0.29) is 18.4 Å². The molecule has 2 amide bonds. The number of benzene rings is 2. The minimum Gasteiger partial charge on any atom is -0.494 e. The molecule has 5 nitrogen and oxygen atoms in total. The molecule has 0 aliphatic heterocycles. The minimum atomic E-state index is -0.446. The highest BCUT2D eigenvalue weighted by atomic mass is 19.1. The van der Waals surface area contributed by atoms with Crippen molar-refractivity contribution >= 4 is 6.03 Å². The highest BCUT2D eigenvalue weighted by Crippen LogP contribution is 2.18. The predicted molar refractivity (Wildman–Crippen MR) is 102 cm³/mol. The molecule has 2 aromatic rings. The lowest BCUT2D eigenvalue weighted by molar-refractivity contribution is 0.207. The van der Waals surface area contributed by atoms with Crippen molar-refractivity contribution in [2.75, 3.05) is 27.3 Å². The minimum absolute atomic E-state index is 0.182. The Bertz CT molecular complexity index is 800. The first-order valence-electron chi connectivity index (χ1n) is 8.50. The summed E-state index contributed by atoms with van der Waals surface area (Å²) in [7, 11) is 3.07. The Morgan fingerprint density at radius 2 is 1.93 bits per heavy atom. The molecular weight excluding hydrogens is 347 g/mol. The van der Waals surface area contributed by atoms with Crippen molar-refractivity contribution in [2.45, 2.75) is 13.0 Å². The van der Waals surface area contributed by atoms with E-state index in [1.54, 1.807) is 19.2 Å². The average Bonchev–Trinajstić information content (AvgIpc) is 2.67. The van der Waals surface area contributed by atoms with E-state index in [2.05, 4.69) is 11.2 Å². The Labute approximate surface area is 159 Å². The van der Waals surface area contributed by atoms with Crippen LogP contribution < -0.4 is 14.8 Å². The van der Waals surface area contributed by atoms with Crippen LogP contribution in [0.2, 0.25) is 0 Å². The van der Waals surface area contributed by atoms with Gasteiger partial charge in [0, 0.05) is 20.1 Å². The van der Waals surface area contributed by atoms with Crippen molar-refractivity contribution in [1.29, 1.82) is 0 Å². The van der Waals surface area contributed by atoms with E-state index in [1.165, 1.54) is 18.1 Å². The van der Waals surface area contributed by atoms with Gasteiger partial charge in [0.15, 0.2) is 11.6 Å². The summed E-state index contributed by atoms with van der Waals surface area (Å²) in [4.78, 5) is 13.7.